The number of carboxylic acids is 1. The topological polar surface area (TPSA) is 70.7 Å². The summed E-state index contributed by atoms with van der Waals surface area (Å²) in [5, 5.41) is 19.2. The van der Waals surface area contributed by atoms with E-state index in [0.29, 0.717) is 12.0 Å². The molecule has 0 aliphatic heterocycles. The van der Waals surface area contributed by atoms with E-state index in [0.717, 1.165) is 30.8 Å². The van der Waals surface area contributed by atoms with Crippen LogP contribution in [0.4, 0.5) is 0 Å². The molecule has 4 heteroatoms. The first kappa shape index (κ1) is 11.2. The van der Waals surface area contributed by atoms with Crippen LogP contribution in [0.25, 0.3) is 0 Å². The molecule has 0 saturated heterocycles. The molecule has 1 aliphatic rings. The molecule has 0 amide bonds. The number of furan rings is 1. The van der Waals surface area contributed by atoms with Crippen LogP contribution in [-0.4, -0.2) is 16.2 Å². The predicted molar refractivity (Wildman–Crippen MR) is 57.2 cm³/mol. The molecule has 16 heavy (non-hydrogen) atoms. The highest BCUT2D eigenvalue weighted by molar-refractivity contribution is 5.68. The third-order valence-corrected chi connectivity index (χ3v) is 3.15. The van der Waals surface area contributed by atoms with Crippen molar-refractivity contribution in [3.63, 3.8) is 0 Å². The van der Waals surface area contributed by atoms with Gasteiger partial charge >= 0.3 is 5.97 Å². The minimum Gasteiger partial charge on any atom is -0.481 e. The average molecular weight is 224 g/mol. The Labute approximate surface area is 93.9 Å². The molecule has 1 heterocycles. The summed E-state index contributed by atoms with van der Waals surface area (Å²) in [6, 6.07) is 1.80. The Balaban J connectivity index is 2.38. The first-order chi connectivity index (χ1) is 7.55. The van der Waals surface area contributed by atoms with Crippen molar-refractivity contribution in [3.8, 4) is 0 Å². The summed E-state index contributed by atoms with van der Waals surface area (Å²) in [7, 11) is 0. The molecule has 0 spiro atoms. The van der Waals surface area contributed by atoms with E-state index in [2.05, 4.69) is 0 Å². The fourth-order valence-electron chi connectivity index (χ4n) is 2.35. The summed E-state index contributed by atoms with van der Waals surface area (Å²) in [4.78, 5) is 10.8. The minimum atomic E-state index is -1.24. The molecule has 2 rings (SSSR count). The highest BCUT2D eigenvalue weighted by atomic mass is 16.4. The summed E-state index contributed by atoms with van der Waals surface area (Å²) in [5.41, 5.74) is -0.561. The first-order valence-electron chi connectivity index (χ1n) is 5.61. The maximum absolute atomic E-state index is 10.8. The van der Waals surface area contributed by atoms with Gasteiger partial charge in [0.05, 0.1) is 6.42 Å². The van der Waals surface area contributed by atoms with Gasteiger partial charge < -0.3 is 14.6 Å². The third kappa shape index (κ3) is 1.85. The molecule has 0 aromatic carbocycles. The number of carbonyl (C=O) groups is 1. The van der Waals surface area contributed by atoms with E-state index in [1.54, 1.807) is 6.07 Å². The number of hydrogen-bond donors (Lipinski definition) is 2. The van der Waals surface area contributed by atoms with E-state index in [-0.39, 0.29) is 6.42 Å². The normalized spacial score (nSPS) is 24.1. The fourth-order valence-corrected chi connectivity index (χ4v) is 2.35. The molecule has 1 atom stereocenters. The zero-order valence-corrected chi connectivity index (χ0v) is 9.32. The quantitative estimate of drug-likeness (QED) is 0.821. The fraction of sp³-hybridized carbons (Fsp3) is 0.583. The lowest BCUT2D eigenvalue weighted by molar-refractivity contribution is -0.143. The molecule has 4 nitrogen and oxygen atoms in total. The minimum absolute atomic E-state index is 0.247. The largest absolute Gasteiger partial charge is 0.481 e. The van der Waals surface area contributed by atoms with Gasteiger partial charge in [0.25, 0.3) is 0 Å². The number of carboxylic acid groups (broad SMARTS) is 1. The lowest BCUT2D eigenvalue weighted by Crippen LogP contribution is -2.32. The maximum atomic E-state index is 10.8. The average Bonchev–Trinajstić information content (AvgIpc) is 2.61. The summed E-state index contributed by atoms with van der Waals surface area (Å²) < 4.78 is 5.58. The molecule has 0 saturated carbocycles. The van der Waals surface area contributed by atoms with Crippen molar-refractivity contribution in [3.05, 3.63) is 23.2 Å². The Kier molecular flexibility index (Phi) is 2.76. The monoisotopic (exact) mass is 224 g/mol. The van der Waals surface area contributed by atoms with Gasteiger partial charge in [-0.1, -0.05) is 6.92 Å². The van der Waals surface area contributed by atoms with Crippen molar-refractivity contribution in [2.75, 3.05) is 0 Å². The van der Waals surface area contributed by atoms with Crippen molar-refractivity contribution >= 4 is 5.97 Å². The molecule has 2 N–H and O–H groups in total. The molecule has 1 unspecified atom stereocenters. The zero-order valence-electron chi connectivity index (χ0n) is 9.32. The second-order valence-electron chi connectivity index (χ2n) is 4.36. The molecule has 1 aromatic rings. The summed E-state index contributed by atoms with van der Waals surface area (Å²) in [5.74, 6) is 0.595. The molecular weight excluding hydrogens is 208 g/mol. The van der Waals surface area contributed by atoms with Gasteiger partial charge in [0.15, 0.2) is 0 Å². The van der Waals surface area contributed by atoms with Gasteiger partial charge in [-0.05, 0) is 18.9 Å². The SMILES string of the molecule is CCc1cc2c(o1)CCCC2(O)CC(=O)O. The van der Waals surface area contributed by atoms with Gasteiger partial charge in [-0.15, -0.1) is 0 Å². The zero-order chi connectivity index (χ0) is 11.8. The van der Waals surface area contributed by atoms with Crippen molar-refractivity contribution in [2.45, 2.75) is 44.6 Å². The van der Waals surface area contributed by atoms with E-state index >= 15 is 0 Å². The Morgan fingerprint density at radius 1 is 1.62 bits per heavy atom. The molecule has 88 valence electrons. The van der Waals surface area contributed by atoms with Crippen LogP contribution in [0.5, 0.6) is 0 Å². The highest BCUT2D eigenvalue weighted by Gasteiger charge is 2.38. The first-order valence-corrected chi connectivity index (χ1v) is 5.61. The summed E-state index contributed by atoms with van der Waals surface area (Å²) in [6.45, 7) is 1.97. The van der Waals surface area contributed by atoms with Gasteiger partial charge in [0.1, 0.15) is 17.1 Å². The van der Waals surface area contributed by atoms with Crippen LogP contribution >= 0.6 is 0 Å². The molecular formula is C12H16O4. The van der Waals surface area contributed by atoms with Crippen molar-refractivity contribution < 1.29 is 19.4 Å². The molecule has 1 aromatic heterocycles. The second kappa shape index (κ2) is 3.94. The van der Waals surface area contributed by atoms with Crippen LogP contribution in [-0.2, 0) is 23.2 Å². The van der Waals surface area contributed by atoms with E-state index in [1.165, 1.54) is 0 Å². The Hall–Kier alpha value is -1.29. The van der Waals surface area contributed by atoms with E-state index in [4.69, 9.17) is 9.52 Å². The van der Waals surface area contributed by atoms with Crippen LogP contribution < -0.4 is 0 Å². The van der Waals surface area contributed by atoms with Gasteiger partial charge in [0.2, 0.25) is 0 Å². The summed E-state index contributed by atoms with van der Waals surface area (Å²) >= 11 is 0. The van der Waals surface area contributed by atoms with Crippen LogP contribution in [0, 0.1) is 0 Å². The Morgan fingerprint density at radius 3 is 3.00 bits per heavy atom. The number of fused-ring (bicyclic) bond motifs is 1. The van der Waals surface area contributed by atoms with Gasteiger partial charge in [-0.3, -0.25) is 4.79 Å². The number of aliphatic carboxylic acids is 1. The van der Waals surface area contributed by atoms with Crippen molar-refractivity contribution in [2.24, 2.45) is 0 Å². The standard InChI is InChI=1S/C12H16O4/c1-2-8-6-9-10(16-8)4-3-5-12(9,15)7-11(13)14/h6,15H,2-5,7H2,1H3,(H,13,14). The van der Waals surface area contributed by atoms with Crippen LogP contribution in [0.3, 0.4) is 0 Å². The highest BCUT2D eigenvalue weighted by Crippen LogP contribution is 2.39. The van der Waals surface area contributed by atoms with E-state index in [9.17, 15) is 9.90 Å². The van der Waals surface area contributed by atoms with E-state index < -0.39 is 11.6 Å². The maximum Gasteiger partial charge on any atom is 0.306 e. The van der Waals surface area contributed by atoms with Crippen molar-refractivity contribution in [1.29, 1.82) is 0 Å². The van der Waals surface area contributed by atoms with Crippen LogP contribution in [0.1, 0.15) is 43.3 Å². The van der Waals surface area contributed by atoms with Gasteiger partial charge in [0, 0.05) is 18.4 Å². The number of hydrogen-bond acceptors (Lipinski definition) is 3. The van der Waals surface area contributed by atoms with Gasteiger partial charge in [-0.25, -0.2) is 0 Å². The van der Waals surface area contributed by atoms with E-state index in [1.807, 2.05) is 6.92 Å². The lowest BCUT2D eigenvalue weighted by Gasteiger charge is -2.29. The lowest BCUT2D eigenvalue weighted by atomic mass is 9.80. The Bertz CT molecular complexity index is 407. The van der Waals surface area contributed by atoms with Crippen LogP contribution in [0.15, 0.2) is 10.5 Å². The predicted octanol–water partition coefficient (Wildman–Crippen LogP) is 1.84. The van der Waals surface area contributed by atoms with Crippen molar-refractivity contribution in [1.82, 2.24) is 0 Å². The smallest absolute Gasteiger partial charge is 0.306 e. The number of rotatable bonds is 3. The molecule has 0 radical (unpaired) electrons. The third-order valence-electron chi connectivity index (χ3n) is 3.15. The number of aliphatic hydroxyl groups is 1. The molecule has 0 bridgehead atoms. The molecule has 0 fully saturated rings. The second-order valence-corrected chi connectivity index (χ2v) is 4.36. The van der Waals surface area contributed by atoms with Crippen LogP contribution in [0.2, 0.25) is 0 Å². The van der Waals surface area contributed by atoms with Gasteiger partial charge in [-0.2, -0.15) is 0 Å². The number of aryl methyl sites for hydroxylation is 2. The summed E-state index contributed by atoms with van der Waals surface area (Å²) in [6.07, 6.45) is 2.57. The molecule has 1 aliphatic carbocycles. The Morgan fingerprint density at radius 2 is 2.38 bits per heavy atom.